The first kappa shape index (κ1) is 14.9. The minimum absolute atomic E-state index is 0.0513. The fraction of sp³-hybridized carbons (Fsp3) is 0.643. The Balaban J connectivity index is 1.85. The molecule has 1 N–H and O–H groups in total. The molecule has 0 radical (unpaired) electrons. The van der Waals surface area contributed by atoms with Crippen molar-refractivity contribution < 1.29 is 4.79 Å². The summed E-state index contributed by atoms with van der Waals surface area (Å²) in [6.07, 6.45) is 7.00. The highest BCUT2D eigenvalue weighted by Crippen LogP contribution is 2.24. The van der Waals surface area contributed by atoms with Gasteiger partial charge in [0.15, 0.2) is 0 Å². The third-order valence-corrected chi connectivity index (χ3v) is 4.58. The number of likely N-dealkylation sites (tertiary alicyclic amines) is 1. The predicted octanol–water partition coefficient (Wildman–Crippen LogP) is 1.95. The molecule has 0 bridgehead atoms. The minimum atomic E-state index is 0.0513. The summed E-state index contributed by atoms with van der Waals surface area (Å²) in [4.78, 5) is 14.4. The molecule has 1 saturated heterocycles. The number of aromatic nitrogens is 2. The number of rotatable bonds is 4. The second-order valence-electron chi connectivity index (χ2n) is 5.34. The molecule has 1 aromatic rings. The molecule has 5 nitrogen and oxygen atoms in total. The Labute approximate surface area is 123 Å². The van der Waals surface area contributed by atoms with E-state index in [9.17, 15) is 4.79 Å². The van der Waals surface area contributed by atoms with Crippen LogP contribution in [-0.2, 0) is 4.79 Å². The van der Waals surface area contributed by atoms with Gasteiger partial charge in [0.25, 0.3) is 0 Å². The quantitative estimate of drug-likeness (QED) is 0.862. The first-order valence-electron chi connectivity index (χ1n) is 6.90. The van der Waals surface area contributed by atoms with Gasteiger partial charge in [-0.3, -0.25) is 9.69 Å². The van der Waals surface area contributed by atoms with Crippen molar-refractivity contribution in [1.82, 2.24) is 15.1 Å². The summed E-state index contributed by atoms with van der Waals surface area (Å²) >= 11 is 1.45. The molecule has 1 amide bonds. The molecule has 2 heterocycles. The molecule has 2 rings (SSSR count). The van der Waals surface area contributed by atoms with Crippen LogP contribution in [0.5, 0.6) is 0 Å². The Hall–Kier alpha value is -1.45. The molecule has 20 heavy (non-hydrogen) atoms. The highest BCUT2D eigenvalue weighted by atomic mass is 32.1. The van der Waals surface area contributed by atoms with E-state index < -0.39 is 0 Å². The van der Waals surface area contributed by atoms with Crippen molar-refractivity contribution in [3.63, 3.8) is 0 Å². The number of nitrogens with one attached hydrogen (secondary N) is 1. The zero-order valence-corrected chi connectivity index (χ0v) is 12.7. The lowest BCUT2D eigenvalue weighted by molar-refractivity contribution is -0.121. The Kier molecular flexibility index (Phi) is 5.10. The topological polar surface area (TPSA) is 58.1 Å². The van der Waals surface area contributed by atoms with Gasteiger partial charge >= 0.3 is 0 Å². The molecule has 1 aliphatic rings. The molecule has 0 atom stereocenters. The van der Waals surface area contributed by atoms with Crippen molar-refractivity contribution in [3.8, 4) is 12.3 Å². The summed E-state index contributed by atoms with van der Waals surface area (Å²) in [6.45, 7) is 6.56. The molecular weight excluding hydrogens is 272 g/mol. The van der Waals surface area contributed by atoms with Crippen LogP contribution in [0.25, 0.3) is 0 Å². The van der Waals surface area contributed by atoms with E-state index >= 15 is 0 Å². The number of nitrogens with zero attached hydrogens (tertiary/aromatic N) is 3. The first-order chi connectivity index (χ1) is 9.60. The van der Waals surface area contributed by atoms with E-state index in [-0.39, 0.29) is 11.8 Å². The van der Waals surface area contributed by atoms with Crippen molar-refractivity contribution in [2.24, 2.45) is 5.92 Å². The predicted molar refractivity (Wildman–Crippen MR) is 80.6 cm³/mol. The Bertz CT molecular complexity index is 498. The maximum Gasteiger partial charge on any atom is 0.229 e. The minimum Gasteiger partial charge on any atom is -0.300 e. The third kappa shape index (κ3) is 3.78. The molecule has 0 aromatic carbocycles. The van der Waals surface area contributed by atoms with Crippen LogP contribution in [0, 0.1) is 18.3 Å². The number of carbonyl (C=O) groups excluding carboxylic acids is 1. The van der Waals surface area contributed by atoms with E-state index in [2.05, 4.69) is 40.2 Å². The summed E-state index contributed by atoms with van der Waals surface area (Å²) in [5, 5.41) is 12.5. The smallest absolute Gasteiger partial charge is 0.229 e. The van der Waals surface area contributed by atoms with Gasteiger partial charge < -0.3 is 5.32 Å². The molecule has 6 heteroatoms. The number of carbonyl (C=O) groups is 1. The maximum absolute atomic E-state index is 12.2. The van der Waals surface area contributed by atoms with Gasteiger partial charge in [-0.15, -0.1) is 16.6 Å². The van der Waals surface area contributed by atoms with Gasteiger partial charge in [0.05, 0.1) is 6.54 Å². The largest absolute Gasteiger partial charge is 0.300 e. The molecule has 0 unspecified atom stereocenters. The zero-order chi connectivity index (χ0) is 14.5. The number of amides is 1. The molecule has 0 spiro atoms. The monoisotopic (exact) mass is 292 g/mol. The summed E-state index contributed by atoms with van der Waals surface area (Å²) < 4.78 is 0. The van der Waals surface area contributed by atoms with Crippen molar-refractivity contribution in [1.29, 1.82) is 0 Å². The van der Waals surface area contributed by atoms with E-state index in [1.165, 1.54) is 11.3 Å². The average molecular weight is 292 g/mol. The van der Waals surface area contributed by atoms with Crippen LogP contribution < -0.4 is 5.32 Å². The molecule has 108 valence electrons. The van der Waals surface area contributed by atoms with Crippen LogP contribution >= 0.6 is 11.3 Å². The van der Waals surface area contributed by atoms with E-state index in [1.54, 1.807) is 0 Å². The van der Waals surface area contributed by atoms with E-state index in [0.717, 1.165) is 30.9 Å². The first-order valence-corrected chi connectivity index (χ1v) is 7.72. The van der Waals surface area contributed by atoms with Crippen LogP contribution in [0.2, 0.25) is 0 Å². The van der Waals surface area contributed by atoms with Crippen molar-refractivity contribution >= 4 is 22.4 Å². The van der Waals surface area contributed by atoms with Gasteiger partial charge in [0.2, 0.25) is 11.0 Å². The Morgan fingerprint density at radius 2 is 2.20 bits per heavy atom. The van der Waals surface area contributed by atoms with Crippen LogP contribution in [-0.4, -0.2) is 40.6 Å². The third-order valence-electron chi connectivity index (χ3n) is 3.44. The van der Waals surface area contributed by atoms with Gasteiger partial charge in [-0.05, 0) is 25.9 Å². The Morgan fingerprint density at radius 3 is 2.75 bits per heavy atom. The fourth-order valence-corrected chi connectivity index (χ4v) is 2.96. The highest BCUT2D eigenvalue weighted by Gasteiger charge is 2.25. The standard InChI is InChI=1S/C14H20N4OS/c1-4-7-18-8-5-11(6-9-18)12(19)15-14-17-16-13(20-14)10(2)3/h1,10-11H,5-9H2,2-3H3,(H,15,17,19). The average Bonchev–Trinajstić information content (AvgIpc) is 2.88. The lowest BCUT2D eigenvalue weighted by atomic mass is 9.96. The van der Waals surface area contributed by atoms with Crippen LogP contribution in [0.4, 0.5) is 5.13 Å². The van der Waals surface area contributed by atoms with E-state index in [0.29, 0.717) is 17.6 Å². The second-order valence-corrected chi connectivity index (χ2v) is 6.35. The summed E-state index contributed by atoms with van der Waals surface area (Å²) in [5.41, 5.74) is 0. The van der Waals surface area contributed by atoms with Crippen molar-refractivity contribution in [2.75, 3.05) is 25.0 Å². The molecule has 1 aliphatic heterocycles. The van der Waals surface area contributed by atoms with Crippen molar-refractivity contribution in [2.45, 2.75) is 32.6 Å². The summed E-state index contributed by atoms with van der Waals surface area (Å²) in [6, 6.07) is 0. The lowest BCUT2D eigenvalue weighted by Gasteiger charge is -2.29. The van der Waals surface area contributed by atoms with Crippen LogP contribution in [0.3, 0.4) is 0 Å². The molecule has 1 aromatic heterocycles. The number of terminal acetylenes is 1. The number of hydrogen-bond donors (Lipinski definition) is 1. The highest BCUT2D eigenvalue weighted by molar-refractivity contribution is 7.15. The summed E-state index contributed by atoms with van der Waals surface area (Å²) in [5.74, 6) is 3.09. The van der Waals surface area contributed by atoms with Gasteiger partial charge in [-0.2, -0.15) is 0 Å². The van der Waals surface area contributed by atoms with Crippen LogP contribution in [0.15, 0.2) is 0 Å². The number of piperidine rings is 1. The maximum atomic E-state index is 12.2. The normalized spacial score (nSPS) is 17.1. The molecular formula is C14H20N4OS. The molecule has 0 saturated carbocycles. The van der Waals surface area contributed by atoms with Gasteiger partial charge in [-0.25, -0.2) is 0 Å². The van der Waals surface area contributed by atoms with Gasteiger partial charge in [-0.1, -0.05) is 31.1 Å². The van der Waals surface area contributed by atoms with E-state index in [4.69, 9.17) is 6.42 Å². The zero-order valence-electron chi connectivity index (χ0n) is 11.9. The molecule has 1 fully saturated rings. The number of hydrogen-bond acceptors (Lipinski definition) is 5. The van der Waals surface area contributed by atoms with Crippen LogP contribution in [0.1, 0.15) is 37.6 Å². The van der Waals surface area contributed by atoms with Gasteiger partial charge in [0.1, 0.15) is 5.01 Å². The van der Waals surface area contributed by atoms with Gasteiger partial charge in [0, 0.05) is 11.8 Å². The SMILES string of the molecule is C#CCN1CCC(C(=O)Nc2nnc(C(C)C)s2)CC1. The fourth-order valence-electron chi connectivity index (χ4n) is 2.21. The lowest BCUT2D eigenvalue weighted by Crippen LogP contribution is -2.38. The summed E-state index contributed by atoms with van der Waals surface area (Å²) in [7, 11) is 0. The second kappa shape index (κ2) is 6.82. The number of anilines is 1. The Morgan fingerprint density at radius 1 is 1.50 bits per heavy atom. The van der Waals surface area contributed by atoms with Crippen molar-refractivity contribution in [3.05, 3.63) is 5.01 Å². The molecule has 0 aliphatic carbocycles. The van der Waals surface area contributed by atoms with E-state index in [1.807, 2.05) is 0 Å².